The van der Waals surface area contributed by atoms with Crippen molar-refractivity contribution in [2.75, 3.05) is 26.9 Å². The van der Waals surface area contributed by atoms with Crippen LogP contribution in [-0.2, 0) is 49.2 Å². The molecule has 3 aliphatic rings. The topological polar surface area (TPSA) is 281 Å². The molecule has 0 bridgehead atoms. The number of hydrogen-bond acceptors (Lipinski definition) is 18. The fourth-order valence-corrected chi connectivity index (χ4v) is 5.54. The van der Waals surface area contributed by atoms with Crippen molar-refractivity contribution in [1.82, 2.24) is 0 Å². The molecule has 1 aromatic rings. The number of esters is 2. The van der Waals surface area contributed by atoms with Crippen molar-refractivity contribution in [2.24, 2.45) is 5.92 Å². The number of benzene rings is 1. The van der Waals surface area contributed by atoms with Gasteiger partial charge in [0.1, 0.15) is 55.4 Å². The van der Waals surface area contributed by atoms with E-state index in [0.717, 1.165) is 13.4 Å². The lowest BCUT2D eigenvalue weighted by Gasteiger charge is -2.42. The predicted octanol–water partition coefficient (Wildman–Crippen LogP) is -2.81. The number of carbonyl (C=O) groups excluding carboxylic acids is 2. The smallest absolute Gasteiger partial charge is 0.337 e. The highest BCUT2D eigenvalue weighted by molar-refractivity contribution is 5.90. The quantitative estimate of drug-likeness (QED) is 0.0604. The summed E-state index contributed by atoms with van der Waals surface area (Å²) in [6.45, 7) is 0.170. The molecule has 1 aromatic carbocycles. The highest BCUT2D eigenvalue weighted by Crippen LogP contribution is 2.36. The van der Waals surface area contributed by atoms with Crippen LogP contribution in [0.15, 0.2) is 41.7 Å². The van der Waals surface area contributed by atoms with Crippen molar-refractivity contribution in [1.29, 1.82) is 0 Å². The summed E-state index contributed by atoms with van der Waals surface area (Å²) in [7, 11) is 1.11. The standard InChI is InChI=1S/C31H42O18/c1-3-14-15(16(28(42)43-2)11-46-29(14)49-31-27(41)24(38)22(36)19(10-32)47-31)9-21(35)45-12-20-23(37)25(39)26(40)30(48-20)44-7-6-13-4-5-17(33)18(34)8-13/h3-5,8,11,15,19-20,22-27,29-34,36-41H,6-7,9-10,12H2,1-2H3/t15-,19+,20+,22+,23-,24-,25+,26-,27+,29-,30-,31+/m0/s1. The van der Waals surface area contributed by atoms with Gasteiger partial charge in [-0.2, -0.15) is 0 Å². The Bertz CT molecular complexity index is 1350. The average molecular weight is 703 g/mol. The monoisotopic (exact) mass is 702 g/mol. The Morgan fingerprint density at radius 2 is 1.53 bits per heavy atom. The first-order valence-electron chi connectivity index (χ1n) is 15.3. The van der Waals surface area contributed by atoms with E-state index in [2.05, 4.69) is 0 Å². The molecule has 3 aliphatic heterocycles. The minimum absolute atomic E-state index is 0.0633. The van der Waals surface area contributed by atoms with Crippen molar-refractivity contribution in [2.45, 2.75) is 87.5 Å². The van der Waals surface area contributed by atoms with Gasteiger partial charge in [0.25, 0.3) is 0 Å². The average Bonchev–Trinajstić information content (AvgIpc) is 3.09. The Morgan fingerprint density at radius 3 is 2.16 bits per heavy atom. The fraction of sp³-hybridized carbons (Fsp3) is 0.613. The number of aliphatic hydroxyl groups excluding tert-OH is 7. The molecular weight excluding hydrogens is 660 g/mol. The molecule has 49 heavy (non-hydrogen) atoms. The summed E-state index contributed by atoms with van der Waals surface area (Å²) < 4.78 is 37.9. The lowest BCUT2D eigenvalue weighted by Crippen LogP contribution is -2.60. The zero-order valence-corrected chi connectivity index (χ0v) is 26.5. The van der Waals surface area contributed by atoms with Gasteiger partial charge in [-0.3, -0.25) is 4.79 Å². The number of carbonyl (C=O) groups is 2. The van der Waals surface area contributed by atoms with Gasteiger partial charge in [0, 0.05) is 11.5 Å². The molecule has 2 saturated heterocycles. The molecule has 3 heterocycles. The fourth-order valence-electron chi connectivity index (χ4n) is 5.54. The van der Waals surface area contributed by atoms with E-state index in [1.54, 1.807) is 13.0 Å². The van der Waals surface area contributed by atoms with Crippen molar-refractivity contribution in [3.05, 3.63) is 47.2 Å². The SMILES string of the molecule is CC=C1[C@H](O[C@H]2O[C@H](CO)[C@@H](O)[C@H](O)[C@H]2O)OC=C(C(=O)OC)[C@H]1CC(=O)OC[C@H]1O[C@H](OCCc2ccc(O)c(O)c2)[C@@H](O)[C@H](O)[C@H]1O. The van der Waals surface area contributed by atoms with E-state index in [9.17, 15) is 55.5 Å². The summed E-state index contributed by atoms with van der Waals surface area (Å²) in [6.07, 6.45) is -15.1. The summed E-state index contributed by atoms with van der Waals surface area (Å²) in [4.78, 5) is 25.7. The molecule has 0 radical (unpaired) electrons. The first-order chi connectivity index (χ1) is 23.3. The number of aromatic hydroxyl groups is 2. The Kier molecular flexibility index (Phi) is 13.3. The van der Waals surface area contributed by atoms with Crippen LogP contribution in [0.25, 0.3) is 0 Å². The summed E-state index contributed by atoms with van der Waals surface area (Å²) in [5.74, 6) is -3.47. The third-order valence-corrected chi connectivity index (χ3v) is 8.39. The number of phenols is 2. The lowest BCUT2D eigenvalue weighted by atomic mass is 9.86. The van der Waals surface area contributed by atoms with E-state index in [0.29, 0.717) is 5.56 Å². The van der Waals surface area contributed by atoms with Gasteiger partial charge in [-0.15, -0.1) is 0 Å². The Labute approximate surface area is 279 Å². The molecule has 2 fully saturated rings. The summed E-state index contributed by atoms with van der Waals surface area (Å²) in [5.41, 5.74) is 0.658. The van der Waals surface area contributed by atoms with Crippen molar-refractivity contribution in [3.63, 3.8) is 0 Å². The summed E-state index contributed by atoms with van der Waals surface area (Å²) >= 11 is 0. The molecule has 0 amide bonds. The molecule has 9 N–H and O–H groups in total. The molecule has 18 nitrogen and oxygen atoms in total. The van der Waals surface area contributed by atoms with Gasteiger partial charge in [-0.25, -0.2) is 4.79 Å². The van der Waals surface area contributed by atoms with E-state index in [4.69, 9.17) is 33.2 Å². The minimum atomic E-state index is -1.77. The molecular formula is C31H42O18. The number of rotatable bonds is 12. The number of allylic oxidation sites excluding steroid dienone is 1. The Morgan fingerprint density at radius 1 is 0.878 bits per heavy atom. The minimum Gasteiger partial charge on any atom is -0.504 e. The van der Waals surface area contributed by atoms with Crippen LogP contribution in [0.2, 0.25) is 0 Å². The maximum atomic E-state index is 13.1. The van der Waals surface area contributed by atoms with Gasteiger partial charge in [0.15, 0.2) is 24.1 Å². The van der Waals surface area contributed by atoms with Gasteiger partial charge in [0.2, 0.25) is 6.29 Å². The second-order valence-corrected chi connectivity index (χ2v) is 11.6. The molecule has 0 spiro atoms. The molecule has 274 valence electrons. The number of hydrogen-bond donors (Lipinski definition) is 9. The van der Waals surface area contributed by atoms with Crippen LogP contribution in [0.1, 0.15) is 18.9 Å². The van der Waals surface area contributed by atoms with Crippen LogP contribution in [-0.4, -0.2) is 153 Å². The molecule has 0 saturated carbocycles. The Balaban J connectivity index is 1.39. The highest BCUT2D eigenvalue weighted by Gasteiger charge is 2.48. The van der Waals surface area contributed by atoms with Crippen molar-refractivity contribution < 1.29 is 88.7 Å². The van der Waals surface area contributed by atoms with Crippen LogP contribution in [0.4, 0.5) is 0 Å². The number of ether oxygens (including phenoxy) is 7. The Hall–Kier alpha value is -3.40. The van der Waals surface area contributed by atoms with Gasteiger partial charge in [-0.1, -0.05) is 12.1 Å². The van der Waals surface area contributed by atoms with Crippen LogP contribution in [0.3, 0.4) is 0 Å². The molecule has 12 atom stereocenters. The van der Waals surface area contributed by atoms with Crippen LogP contribution in [0, 0.1) is 5.92 Å². The third-order valence-electron chi connectivity index (χ3n) is 8.39. The molecule has 18 heteroatoms. The van der Waals surface area contributed by atoms with Gasteiger partial charge in [0.05, 0.1) is 38.6 Å². The van der Waals surface area contributed by atoms with E-state index < -0.39 is 105 Å². The molecule has 0 unspecified atom stereocenters. The molecule has 0 aromatic heterocycles. The summed E-state index contributed by atoms with van der Waals surface area (Å²) in [5, 5.41) is 90.5. The van der Waals surface area contributed by atoms with Crippen LogP contribution in [0.5, 0.6) is 11.5 Å². The van der Waals surface area contributed by atoms with Crippen LogP contribution >= 0.6 is 0 Å². The zero-order valence-electron chi connectivity index (χ0n) is 26.5. The van der Waals surface area contributed by atoms with Crippen molar-refractivity contribution >= 4 is 11.9 Å². The maximum Gasteiger partial charge on any atom is 0.337 e. The highest BCUT2D eigenvalue weighted by atomic mass is 16.8. The van der Waals surface area contributed by atoms with E-state index in [1.165, 1.54) is 18.2 Å². The maximum absolute atomic E-state index is 13.1. The van der Waals surface area contributed by atoms with Crippen LogP contribution < -0.4 is 0 Å². The first-order valence-corrected chi connectivity index (χ1v) is 15.3. The van der Waals surface area contributed by atoms with E-state index in [1.807, 2.05) is 0 Å². The summed E-state index contributed by atoms with van der Waals surface area (Å²) in [6, 6.07) is 4.15. The molecule has 4 rings (SSSR count). The second-order valence-electron chi connectivity index (χ2n) is 11.6. The number of aliphatic hydroxyl groups is 7. The molecule has 0 aliphatic carbocycles. The van der Waals surface area contributed by atoms with Gasteiger partial charge >= 0.3 is 11.9 Å². The lowest BCUT2D eigenvalue weighted by molar-refractivity contribution is -0.327. The predicted molar refractivity (Wildman–Crippen MR) is 159 cm³/mol. The van der Waals surface area contributed by atoms with Gasteiger partial charge < -0.3 is 79.1 Å². The zero-order chi connectivity index (χ0) is 36.0. The third kappa shape index (κ3) is 8.86. The first kappa shape index (κ1) is 38.4. The largest absolute Gasteiger partial charge is 0.504 e. The van der Waals surface area contributed by atoms with E-state index in [-0.39, 0.29) is 35.7 Å². The number of methoxy groups -OCH3 is 1. The number of phenolic OH excluding ortho intramolecular Hbond substituents is 2. The normalized spacial score (nSPS) is 35.7. The van der Waals surface area contributed by atoms with Crippen molar-refractivity contribution in [3.8, 4) is 11.5 Å². The van der Waals surface area contributed by atoms with E-state index >= 15 is 0 Å². The second kappa shape index (κ2) is 17.0. The van der Waals surface area contributed by atoms with Gasteiger partial charge in [-0.05, 0) is 31.0 Å².